The van der Waals surface area contributed by atoms with Crippen molar-refractivity contribution >= 4 is 17.7 Å². The molecule has 0 unspecified atom stereocenters. The zero-order valence-corrected chi connectivity index (χ0v) is 16.4. The molecule has 2 atom stereocenters. The third-order valence-electron chi connectivity index (χ3n) is 5.87. The monoisotopic (exact) mass is 383 g/mol. The number of rotatable bonds is 6. The summed E-state index contributed by atoms with van der Waals surface area (Å²) < 4.78 is 0. The fourth-order valence-electron chi connectivity index (χ4n) is 4.56. The molecule has 2 aliphatic heterocycles. The van der Waals surface area contributed by atoms with Crippen LogP contribution in [0.15, 0.2) is 53.7 Å². The van der Waals surface area contributed by atoms with Gasteiger partial charge in [-0.2, -0.15) is 0 Å². The lowest BCUT2D eigenvalue weighted by Gasteiger charge is -2.25. The lowest BCUT2D eigenvalue weighted by molar-refractivity contribution is -0.149. The Morgan fingerprint density at radius 3 is 2.33 bits per heavy atom. The first-order valence-corrected chi connectivity index (χ1v) is 10.5. The van der Waals surface area contributed by atoms with E-state index in [1.165, 1.54) is 10.5 Å². The van der Waals surface area contributed by atoms with Gasteiger partial charge in [-0.1, -0.05) is 18.2 Å². The molecular weight excluding hydrogens is 358 g/mol. The number of nitrogens with zero attached hydrogens (tertiary/aromatic N) is 3. The Hall–Kier alpha value is -1.89. The summed E-state index contributed by atoms with van der Waals surface area (Å²) in [5, 5.41) is 10.0. The Morgan fingerprint density at radius 2 is 1.81 bits per heavy atom. The summed E-state index contributed by atoms with van der Waals surface area (Å²) in [4.78, 5) is 22.2. The summed E-state index contributed by atoms with van der Waals surface area (Å²) in [5.74, 6) is -0.474. The first-order chi connectivity index (χ1) is 13.1. The van der Waals surface area contributed by atoms with Gasteiger partial charge < -0.3 is 5.11 Å². The zero-order valence-electron chi connectivity index (χ0n) is 15.5. The van der Waals surface area contributed by atoms with Crippen LogP contribution in [-0.2, 0) is 17.9 Å². The lowest BCUT2D eigenvalue weighted by atomic mass is 9.81. The summed E-state index contributed by atoms with van der Waals surface area (Å²) in [5.41, 5.74) is 1.74. The molecule has 2 saturated heterocycles. The predicted molar refractivity (Wildman–Crippen MR) is 107 cm³/mol. The van der Waals surface area contributed by atoms with Crippen LogP contribution >= 0.6 is 11.8 Å². The zero-order chi connectivity index (χ0) is 18.9. The third-order valence-corrected chi connectivity index (χ3v) is 6.61. The van der Waals surface area contributed by atoms with Gasteiger partial charge in [-0.05, 0) is 35.6 Å². The second-order valence-electron chi connectivity index (χ2n) is 7.71. The molecule has 6 heteroatoms. The molecule has 0 saturated carbocycles. The van der Waals surface area contributed by atoms with Crippen LogP contribution < -0.4 is 0 Å². The van der Waals surface area contributed by atoms with E-state index < -0.39 is 11.4 Å². The van der Waals surface area contributed by atoms with Crippen LogP contribution in [0.1, 0.15) is 11.1 Å². The molecule has 5 nitrogen and oxygen atoms in total. The van der Waals surface area contributed by atoms with Crippen molar-refractivity contribution in [1.82, 2.24) is 14.8 Å². The average molecular weight is 384 g/mol. The maximum atomic E-state index is 12.2. The number of hydrogen-bond acceptors (Lipinski definition) is 5. The van der Waals surface area contributed by atoms with Crippen molar-refractivity contribution in [2.45, 2.75) is 18.0 Å². The number of carbonyl (C=O) groups is 1. The Kier molecular flexibility index (Phi) is 5.21. The first-order valence-electron chi connectivity index (χ1n) is 9.29. The van der Waals surface area contributed by atoms with Gasteiger partial charge in [0.1, 0.15) is 0 Å². The van der Waals surface area contributed by atoms with E-state index in [4.69, 9.17) is 0 Å². The van der Waals surface area contributed by atoms with E-state index in [1.54, 1.807) is 18.0 Å². The van der Waals surface area contributed by atoms with Crippen molar-refractivity contribution in [3.8, 4) is 0 Å². The maximum Gasteiger partial charge on any atom is 0.312 e. The summed E-state index contributed by atoms with van der Waals surface area (Å²) in [7, 11) is 0. The molecule has 0 amide bonds. The minimum absolute atomic E-state index is 0.178. The average Bonchev–Trinajstić information content (AvgIpc) is 3.17. The summed E-state index contributed by atoms with van der Waals surface area (Å²) in [6.07, 6.45) is 5.71. The highest BCUT2D eigenvalue weighted by molar-refractivity contribution is 7.98. The van der Waals surface area contributed by atoms with Gasteiger partial charge >= 0.3 is 5.97 Å². The van der Waals surface area contributed by atoms with E-state index >= 15 is 0 Å². The molecule has 142 valence electrons. The summed E-state index contributed by atoms with van der Waals surface area (Å²) in [6, 6.07) is 12.6. The number of aliphatic carboxylic acids is 1. The molecule has 4 rings (SSSR count). The molecule has 2 aromatic rings. The number of thioether (sulfide) groups is 1. The SMILES string of the molecule is CSc1ccc(CN2C[C@@H]3CN(Cc4cccnc4)C[C@]3(C(=O)O)C2)cc1. The number of fused-ring (bicyclic) bond motifs is 1. The number of hydrogen-bond donors (Lipinski definition) is 1. The van der Waals surface area contributed by atoms with Crippen molar-refractivity contribution in [1.29, 1.82) is 0 Å². The number of aromatic nitrogens is 1. The van der Waals surface area contributed by atoms with Crippen LogP contribution in [0.4, 0.5) is 0 Å². The second kappa shape index (κ2) is 7.62. The summed E-state index contributed by atoms with van der Waals surface area (Å²) in [6.45, 7) is 4.52. The second-order valence-corrected chi connectivity index (χ2v) is 8.59. The molecule has 0 radical (unpaired) electrons. The van der Waals surface area contributed by atoms with Crippen LogP contribution in [-0.4, -0.2) is 58.3 Å². The highest BCUT2D eigenvalue weighted by atomic mass is 32.2. The molecule has 2 fully saturated rings. The normalized spacial score (nSPS) is 25.6. The van der Waals surface area contributed by atoms with Gasteiger partial charge in [-0.25, -0.2) is 0 Å². The molecule has 27 heavy (non-hydrogen) atoms. The van der Waals surface area contributed by atoms with Crippen molar-refractivity contribution in [2.24, 2.45) is 11.3 Å². The molecule has 0 aliphatic carbocycles. The lowest BCUT2D eigenvalue weighted by Crippen LogP contribution is -2.40. The minimum Gasteiger partial charge on any atom is -0.481 e. The molecule has 3 heterocycles. The number of likely N-dealkylation sites (tertiary alicyclic amines) is 2. The van der Waals surface area contributed by atoms with Crippen molar-refractivity contribution in [3.63, 3.8) is 0 Å². The van der Waals surface area contributed by atoms with Gasteiger partial charge in [0, 0.05) is 62.5 Å². The van der Waals surface area contributed by atoms with Crippen molar-refractivity contribution < 1.29 is 9.90 Å². The number of pyridine rings is 1. The third kappa shape index (κ3) is 3.74. The van der Waals surface area contributed by atoms with Crippen LogP contribution in [0.25, 0.3) is 0 Å². The minimum atomic E-state index is -0.651. The molecule has 1 aromatic carbocycles. The predicted octanol–water partition coefficient (Wildman–Crippen LogP) is 2.82. The van der Waals surface area contributed by atoms with Crippen LogP contribution in [0.5, 0.6) is 0 Å². The largest absolute Gasteiger partial charge is 0.481 e. The number of carboxylic acid groups (broad SMARTS) is 1. The van der Waals surface area contributed by atoms with Crippen molar-refractivity contribution in [2.75, 3.05) is 32.4 Å². The van der Waals surface area contributed by atoms with Crippen LogP contribution in [0, 0.1) is 11.3 Å². The Labute approximate surface area is 164 Å². The number of benzene rings is 1. The van der Waals surface area contributed by atoms with Gasteiger partial charge in [0.25, 0.3) is 0 Å². The number of carboxylic acids is 1. The standard InChI is InChI=1S/C21H25N3O2S/c1-27-19-6-4-16(5-7-19)10-23-12-18-13-24(11-17-3-2-8-22-9-17)15-21(18,14-23)20(25)26/h2-9,18H,10-15H2,1H3,(H,25,26)/t18-,21-/m1/s1. The van der Waals surface area contributed by atoms with Crippen LogP contribution in [0.3, 0.4) is 0 Å². The molecule has 0 bridgehead atoms. The molecule has 0 spiro atoms. The highest BCUT2D eigenvalue weighted by Gasteiger charge is 2.57. The van der Waals surface area contributed by atoms with E-state index in [-0.39, 0.29) is 5.92 Å². The van der Waals surface area contributed by atoms with Gasteiger partial charge in [0.15, 0.2) is 0 Å². The van der Waals surface area contributed by atoms with Crippen molar-refractivity contribution in [3.05, 3.63) is 59.9 Å². The fourth-order valence-corrected chi connectivity index (χ4v) is 4.96. The Morgan fingerprint density at radius 1 is 1.15 bits per heavy atom. The Balaban J connectivity index is 1.43. The summed E-state index contributed by atoms with van der Waals surface area (Å²) >= 11 is 1.74. The van der Waals surface area contributed by atoms with E-state index in [9.17, 15) is 9.90 Å². The molecule has 1 aromatic heterocycles. The van der Waals surface area contributed by atoms with Gasteiger partial charge in [0.05, 0.1) is 5.41 Å². The topological polar surface area (TPSA) is 56.7 Å². The van der Waals surface area contributed by atoms with E-state index in [1.807, 2.05) is 12.3 Å². The molecule has 2 aliphatic rings. The van der Waals surface area contributed by atoms with Gasteiger partial charge in [-0.3, -0.25) is 19.6 Å². The molecular formula is C21H25N3O2S. The Bertz CT molecular complexity index is 799. The van der Waals surface area contributed by atoms with E-state index in [0.29, 0.717) is 13.1 Å². The maximum absolute atomic E-state index is 12.2. The quantitative estimate of drug-likeness (QED) is 0.774. The van der Waals surface area contributed by atoms with E-state index in [0.717, 1.165) is 31.7 Å². The van der Waals surface area contributed by atoms with Gasteiger partial charge in [-0.15, -0.1) is 11.8 Å². The highest BCUT2D eigenvalue weighted by Crippen LogP contribution is 2.43. The first kappa shape index (κ1) is 18.5. The van der Waals surface area contributed by atoms with Gasteiger partial charge in [0.2, 0.25) is 0 Å². The smallest absolute Gasteiger partial charge is 0.312 e. The fraction of sp³-hybridized carbons (Fsp3) is 0.429. The van der Waals surface area contributed by atoms with Crippen LogP contribution in [0.2, 0.25) is 0 Å². The molecule has 1 N–H and O–H groups in total. The van der Waals surface area contributed by atoms with E-state index in [2.05, 4.69) is 51.4 Å².